The first-order chi connectivity index (χ1) is 14.3. The highest BCUT2D eigenvalue weighted by Gasteiger charge is 2.32. The SMILES string of the molecule is CCN(NC(=O)C1CCN(S(=O)(=O)c2ccc(C#N)cc2)CC1)c1ccc(C)cc1. The molecule has 7 nitrogen and oxygen atoms in total. The van der Waals surface area contributed by atoms with Crippen molar-refractivity contribution >= 4 is 21.6 Å². The van der Waals surface area contributed by atoms with Gasteiger partial charge < -0.3 is 0 Å². The maximum absolute atomic E-state index is 12.8. The number of piperidine rings is 1. The van der Waals surface area contributed by atoms with Crippen LogP contribution in [0.1, 0.15) is 30.9 Å². The summed E-state index contributed by atoms with van der Waals surface area (Å²) in [4.78, 5) is 12.9. The van der Waals surface area contributed by atoms with Crippen LogP contribution in [0.15, 0.2) is 53.4 Å². The zero-order valence-corrected chi connectivity index (χ0v) is 18.0. The minimum absolute atomic E-state index is 0.0900. The lowest BCUT2D eigenvalue weighted by Gasteiger charge is -2.32. The number of hydrogen-bond acceptors (Lipinski definition) is 5. The van der Waals surface area contributed by atoms with Gasteiger partial charge in [0.15, 0.2) is 0 Å². The molecule has 1 heterocycles. The summed E-state index contributed by atoms with van der Waals surface area (Å²) in [7, 11) is -3.63. The number of benzene rings is 2. The fourth-order valence-electron chi connectivity index (χ4n) is 3.48. The number of carbonyl (C=O) groups excluding carboxylic acids is 1. The lowest BCUT2D eigenvalue weighted by atomic mass is 9.97. The smallest absolute Gasteiger partial charge is 0.243 e. The third-order valence-corrected chi connectivity index (χ3v) is 7.27. The molecule has 30 heavy (non-hydrogen) atoms. The van der Waals surface area contributed by atoms with Crippen molar-refractivity contribution in [3.8, 4) is 6.07 Å². The summed E-state index contributed by atoms with van der Waals surface area (Å²) >= 11 is 0. The van der Waals surface area contributed by atoms with Crippen LogP contribution < -0.4 is 10.4 Å². The van der Waals surface area contributed by atoms with E-state index in [-0.39, 0.29) is 29.8 Å². The van der Waals surface area contributed by atoms with Gasteiger partial charge in [-0.25, -0.2) is 8.42 Å². The van der Waals surface area contributed by atoms with Gasteiger partial charge in [0.1, 0.15) is 0 Å². The van der Waals surface area contributed by atoms with E-state index in [1.165, 1.54) is 28.6 Å². The molecule has 1 aliphatic rings. The van der Waals surface area contributed by atoms with Crippen molar-refractivity contribution in [2.24, 2.45) is 5.92 Å². The van der Waals surface area contributed by atoms with E-state index in [1.807, 2.05) is 49.2 Å². The lowest BCUT2D eigenvalue weighted by molar-refractivity contribution is -0.126. The third kappa shape index (κ3) is 4.81. The molecular formula is C22H26N4O3S. The summed E-state index contributed by atoms with van der Waals surface area (Å²) in [5.41, 5.74) is 5.45. The zero-order chi connectivity index (χ0) is 21.7. The first kappa shape index (κ1) is 21.8. The summed E-state index contributed by atoms with van der Waals surface area (Å²) < 4.78 is 27.1. The largest absolute Gasteiger partial charge is 0.286 e. The van der Waals surface area contributed by atoms with Crippen LogP contribution in [0.3, 0.4) is 0 Å². The third-order valence-electron chi connectivity index (χ3n) is 5.35. The topological polar surface area (TPSA) is 93.5 Å². The number of hydrogen-bond donors (Lipinski definition) is 1. The fourth-order valence-corrected chi connectivity index (χ4v) is 4.95. The summed E-state index contributed by atoms with van der Waals surface area (Å²) in [6.45, 7) is 5.18. The summed E-state index contributed by atoms with van der Waals surface area (Å²) in [5, 5.41) is 10.7. The molecule has 0 radical (unpaired) electrons. The molecule has 0 saturated carbocycles. The van der Waals surface area contributed by atoms with Crippen LogP contribution in [-0.2, 0) is 14.8 Å². The molecule has 2 aromatic rings. The zero-order valence-electron chi connectivity index (χ0n) is 17.2. The van der Waals surface area contributed by atoms with Crippen LogP contribution in [0.25, 0.3) is 0 Å². The second-order valence-electron chi connectivity index (χ2n) is 7.37. The minimum atomic E-state index is -3.63. The summed E-state index contributed by atoms with van der Waals surface area (Å²) in [6.07, 6.45) is 0.930. The first-order valence-corrected chi connectivity index (χ1v) is 11.4. The van der Waals surface area contributed by atoms with E-state index in [1.54, 1.807) is 0 Å². The van der Waals surface area contributed by atoms with Gasteiger partial charge in [-0.15, -0.1) is 0 Å². The fraction of sp³-hybridized carbons (Fsp3) is 0.364. The average molecular weight is 427 g/mol. The highest BCUT2D eigenvalue weighted by Crippen LogP contribution is 2.24. The van der Waals surface area contributed by atoms with E-state index >= 15 is 0 Å². The van der Waals surface area contributed by atoms with Gasteiger partial charge in [-0.3, -0.25) is 15.2 Å². The van der Waals surface area contributed by atoms with Crippen LogP contribution in [-0.4, -0.2) is 38.3 Å². The Morgan fingerprint density at radius 1 is 1.13 bits per heavy atom. The molecule has 3 rings (SSSR count). The second kappa shape index (κ2) is 9.28. The molecule has 0 atom stereocenters. The Morgan fingerprint density at radius 3 is 2.27 bits per heavy atom. The minimum Gasteiger partial charge on any atom is -0.286 e. The molecule has 8 heteroatoms. The maximum atomic E-state index is 12.8. The number of nitriles is 1. The Morgan fingerprint density at radius 2 is 1.73 bits per heavy atom. The number of aryl methyl sites for hydroxylation is 1. The standard InChI is InChI=1S/C22H26N4O3S/c1-3-26(20-8-4-17(2)5-9-20)24-22(27)19-12-14-25(15-13-19)30(28,29)21-10-6-18(16-23)7-11-21/h4-11,19H,3,12-15H2,1-2H3,(H,24,27). The average Bonchev–Trinajstić information content (AvgIpc) is 2.78. The lowest BCUT2D eigenvalue weighted by Crippen LogP contribution is -2.48. The molecule has 158 valence electrons. The quantitative estimate of drug-likeness (QED) is 0.717. The normalized spacial score (nSPS) is 15.4. The number of amides is 1. The molecular weight excluding hydrogens is 400 g/mol. The molecule has 1 amide bonds. The predicted molar refractivity (Wildman–Crippen MR) is 115 cm³/mol. The van der Waals surface area contributed by atoms with Crippen molar-refractivity contribution in [2.75, 3.05) is 24.6 Å². The molecule has 2 aromatic carbocycles. The number of nitrogens with one attached hydrogen (secondary N) is 1. The Bertz CT molecular complexity index is 1020. The Labute approximate surface area is 177 Å². The summed E-state index contributed by atoms with van der Waals surface area (Å²) in [6, 6.07) is 15.8. The van der Waals surface area contributed by atoms with Gasteiger partial charge in [0.25, 0.3) is 0 Å². The monoisotopic (exact) mass is 426 g/mol. The van der Waals surface area contributed by atoms with Crippen molar-refractivity contribution in [3.63, 3.8) is 0 Å². The van der Waals surface area contributed by atoms with Gasteiger partial charge in [0, 0.05) is 25.6 Å². The van der Waals surface area contributed by atoms with Crippen LogP contribution in [0, 0.1) is 24.2 Å². The molecule has 0 spiro atoms. The Kier molecular flexibility index (Phi) is 6.75. The number of hydrazine groups is 1. The number of sulfonamides is 1. The first-order valence-electron chi connectivity index (χ1n) is 10.00. The molecule has 0 unspecified atom stereocenters. The summed E-state index contributed by atoms with van der Waals surface area (Å²) in [5.74, 6) is -0.329. The molecule has 1 saturated heterocycles. The number of rotatable bonds is 6. The van der Waals surface area contributed by atoms with Crippen LogP contribution in [0.2, 0.25) is 0 Å². The van der Waals surface area contributed by atoms with Crippen LogP contribution >= 0.6 is 0 Å². The van der Waals surface area contributed by atoms with Crippen LogP contribution in [0.4, 0.5) is 5.69 Å². The Hall–Kier alpha value is -2.89. The van der Waals surface area contributed by atoms with Crippen molar-refractivity contribution in [2.45, 2.75) is 31.6 Å². The number of anilines is 1. The molecule has 1 aliphatic heterocycles. The predicted octanol–water partition coefficient (Wildman–Crippen LogP) is 2.83. The van der Waals surface area contributed by atoms with Crippen molar-refractivity contribution in [1.29, 1.82) is 5.26 Å². The van der Waals surface area contributed by atoms with Gasteiger partial charge in [-0.2, -0.15) is 9.57 Å². The van der Waals surface area contributed by atoms with Gasteiger partial charge in [-0.05, 0) is 63.1 Å². The molecule has 0 bridgehead atoms. The Balaban J connectivity index is 1.60. The van der Waals surface area contributed by atoms with E-state index in [4.69, 9.17) is 5.26 Å². The molecule has 0 aliphatic carbocycles. The van der Waals surface area contributed by atoms with Crippen molar-refractivity contribution < 1.29 is 13.2 Å². The van der Waals surface area contributed by atoms with E-state index < -0.39 is 10.0 Å². The van der Waals surface area contributed by atoms with Gasteiger partial charge in [0.2, 0.25) is 15.9 Å². The van der Waals surface area contributed by atoms with Gasteiger partial charge >= 0.3 is 0 Å². The van der Waals surface area contributed by atoms with E-state index in [2.05, 4.69) is 5.43 Å². The highest BCUT2D eigenvalue weighted by atomic mass is 32.2. The van der Waals surface area contributed by atoms with Gasteiger partial charge in [-0.1, -0.05) is 17.7 Å². The highest BCUT2D eigenvalue weighted by molar-refractivity contribution is 7.89. The van der Waals surface area contributed by atoms with E-state index in [0.29, 0.717) is 24.9 Å². The van der Waals surface area contributed by atoms with Crippen molar-refractivity contribution in [3.05, 3.63) is 59.7 Å². The number of carbonyl (C=O) groups is 1. The molecule has 1 N–H and O–H groups in total. The molecule has 1 fully saturated rings. The van der Waals surface area contributed by atoms with Crippen molar-refractivity contribution in [1.82, 2.24) is 9.73 Å². The number of nitrogens with zero attached hydrogens (tertiary/aromatic N) is 3. The van der Waals surface area contributed by atoms with E-state index in [9.17, 15) is 13.2 Å². The van der Waals surface area contributed by atoms with Gasteiger partial charge in [0.05, 0.1) is 22.2 Å². The second-order valence-corrected chi connectivity index (χ2v) is 9.31. The maximum Gasteiger partial charge on any atom is 0.243 e. The van der Waals surface area contributed by atoms with E-state index in [0.717, 1.165) is 11.3 Å². The molecule has 0 aromatic heterocycles. The van der Waals surface area contributed by atoms with Crippen LogP contribution in [0.5, 0.6) is 0 Å².